The molecule has 0 atom stereocenters. The van der Waals surface area contributed by atoms with Crippen molar-refractivity contribution in [1.82, 2.24) is 9.55 Å². The van der Waals surface area contributed by atoms with Crippen molar-refractivity contribution < 1.29 is 5.11 Å². The van der Waals surface area contributed by atoms with Gasteiger partial charge < -0.3 is 9.67 Å². The fourth-order valence-corrected chi connectivity index (χ4v) is 1.77. The second-order valence-electron chi connectivity index (χ2n) is 4.05. The minimum Gasteiger partial charge on any atom is -0.392 e. The minimum atomic E-state index is 0.0913. The maximum absolute atomic E-state index is 9.12. The van der Waals surface area contributed by atoms with E-state index >= 15 is 0 Å². The van der Waals surface area contributed by atoms with E-state index in [1.807, 2.05) is 32.3 Å². The second kappa shape index (κ2) is 4.10. The summed E-state index contributed by atoms with van der Waals surface area (Å²) in [7, 11) is 0. The summed E-state index contributed by atoms with van der Waals surface area (Å²) < 4.78 is 2.06. The van der Waals surface area contributed by atoms with Crippen molar-refractivity contribution in [3.8, 4) is 5.69 Å². The van der Waals surface area contributed by atoms with Gasteiger partial charge in [0.2, 0.25) is 0 Å². The lowest BCUT2D eigenvalue weighted by molar-refractivity contribution is 0.281. The topological polar surface area (TPSA) is 38.0 Å². The molecule has 1 heterocycles. The van der Waals surface area contributed by atoms with Gasteiger partial charge in [-0.15, -0.1) is 0 Å². The first kappa shape index (κ1) is 10.9. The number of aliphatic hydroxyl groups is 1. The molecule has 16 heavy (non-hydrogen) atoms. The molecule has 0 aliphatic heterocycles. The highest BCUT2D eigenvalue weighted by Gasteiger charge is 2.05. The van der Waals surface area contributed by atoms with Crippen LogP contribution in [0.15, 0.2) is 24.5 Å². The van der Waals surface area contributed by atoms with Crippen LogP contribution < -0.4 is 0 Å². The number of benzene rings is 1. The van der Waals surface area contributed by atoms with Gasteiger partial charge >= 0.3 is 0 Å². The van der Waals surface area contributed by atoms with E-state index < -0.39 is 0 Å². The van der Waals surface area contributed by atoms with Crippen LogP contribution in [-0.4, -0.2) is 14.7 Å². The van der Waals surface area contributed by atoms with E-state index in [0.717, 1.165) is 28.2 Å². The molecule has 0 bridgehead atoms. The predicted molar refractivity (Wildman–Crippen MR) is 63.7 cm³/mol. The van der Waals surface area contributed by atoms with Gasteiger partial charge in [0.25, 0.3) is 0 Å². The summed E-state index contributed by atoms with van der Waals surface area (Å²) >= 11 is 0. The number of aliphatic hydroxyl groups excluding tert-OH is 1. The Kier molecular flexibility index (Phi) is 2.79. The van der Waals surface area contributed by atoms with Crippen LogP contribution in [0.3, 0.4) is 0 Å². The first-order chi connectivity index (χ1) is 7.63. The zero-order chi connectivity index (χ0) is 11.7. The van der Waals surface area contributed by atoms with Gasteiger partial charge in [-0.2, -0.15) is 0 Å². The third-order valence-corrected chi connectivity index (χ3v) is 3.03. The Hall–Kier alpha value is -1.61. The molecule has 1 N–H and O–H groups in total. The van der Waals surface area contributed by atoms with E-state index in [1.165, 1.54) is 0 Å². The number of aromatic nitrogens is 2. The highest BCUT2D eigenvalue weighted by Crippen LogP contribution is 2.17. The Morgan fingerprint density at radius 3 is 2.50 bits per heavy atom. The fourth-order valence-electron chi connectivity index (χ4n) is 1.77. The summed E-state index contributed by atoms with van der Waals surface area (Å²) in [4.78, 5) is 4.28. The van der Waals surface area contributed by atoms with Gasteiger partial charge in [0.1, 0.15) is 0 Å². The molecule has 0 saturated heterocycles. The Labute approximate surface area is 95.4 Å². The smallest absolute Gasteiger partial charge is 0.0997 e. The molecule has 84 valence electrons. The largest absolute Gasteiger partial charge is 0.392 e. The molecular formula is C13H16N2O. The molecule has 0 aliphatic carbocycles. The molecule has 0 aliphatic rings. The number of rotatable bonds is 2. The summed E-state index contributed by atoms with van der Waals surface area (Å²) in [5, 5.41) is 9.12. The summed E-state index contributed by atoms with van der Waals surface area (Å²) in [5.41, 5.74) is 5.36. The van der Waals surface area contributed by atoms with Crippen molar-refractivity contribution in [2.24, 2.45) is 0 Å². The lowest BCUT2D eigenvalue weighted by atomic mass is 10.1. The van der Waals surface area contributed by atoms with Gasteiger partial charge in [0.05, 0.1) is 18.6 Å². The summed E-state index contributed by atoms with van der Waals surface area (Å²) in [6.45, 7) is 6.15. The van der Waals surface area contributed by atoms with E-state index in [4.69, 9.17) is 5.11 Å². The molecule has 2 rings (SSSR count). The van der Waals surface area contributed by atoms with Gasteiger partial charge in [0.15, 0.2) is 0 Å². The normalized spacial score (nSPS) is 10.8. The van der Waals surface area contributed by atoms with Crippen LogP contribution in [-0.2, 0) is 6.61 Å². The highest BCUT2D eigenvalue weighted by atomic mass is 16.3. The molecule has 3 heteroatoms. The first-order valence-electron chi connectivity index (χ1n) is 5.35. The third kappa shape index (κ3) is 1.74. The molecule has 1 aromatic heterocycles. The molecule has 2 aromatic rings. The van der Waals surface area contributed by atoms with Crippen LogP contribution in [0.5, 0.6) is 0 Å². The van der Waals surface area contributed by atoms with Crippen LogP contribution in [0.1, 0.15) is 22.5 Å². The number of aryl methyl sites for hydroxylation is 2. The summed E-state index contributed by atoms with van der Waals surface area (Å²) in [5.74, 6) is 0. The lowest BCUT2D eigenvalue weighted by Crippen LogP contribution is -1.97. The number of nitrogens with zero attached hydrogens (tertiary/aromatic N) is 2. The fraction of sp³-hybridized carbons (Fsp3) is 0.308. The highest BCUT2D eigenvalue weighted by molar-refractivity contribution is 5.41. The molecule has 0 spiro atoms. The minimum absolute atomic E-state index is 0.0913. The molecule has 1 aromatic carbocycles. The summed E-state index contributed by atoms with van der Waals surface area (Å²) in [6, 6.07) is 6.03. The predicted octanol–water partition coefficient (Wildman–Crippen LogP) is 2.29. The number of hydrogen-bond donors (Lipinski definition) is 1. The average molecular weight is 216 g/mol. The SMILES string of the molecule is Cc1cc(-n2cnc(C)c2C)ccc1CO. The molecule has 0 unspecified atom stereocenters. The Morgan fingerprint density at radius 2 is 2.00 bits per heavy atom. The molecule has 3 nitrogen and oxygen atoms in total. The zero-order valence-electron chi connectivity index (χ0n) is 9.86. The van der Waals surface area contributed by atoms with Crippen LogP contribution in [0.4, 0.5) is 0 Å². The van der Waals surface area contributed by atoms with E-state index in [-0.39, 0.29) is 6.61 Å². The molecular weight excluding hydrogens is 200 g/mol. The molecule has 0 fully saturated rings. The maximum Gasteiger partial charge on any atom is 0.0997 e. The van der Waals surface area contributed by atoms with Crippen molar-refractivity contribution in [2.75, 3.05) is 0 Å². The van der Waals surface area contributed by atoms with E-state index in [2.05, 4.69) is 22.5 Å². The molecule has 0 saturated carbocycles. The second-order valence-corrected chi connectivity index (χ2v) is 4.05. The van der Waals surface area contributed by atoms with Crippen molar-refractivity contribution in [3.63, 3.8) is 0 Å². The maximum atomic E-state index is 9.12. The molecule has 0 radical (unpaired) electrons. The van der Waals surface area contributed by atoms with Gasteiger partial charge in [-0.1, -0.05) is 6.07 Å². The van der Waals surface area contributed by atoms with E-state index in [0.29, 0.717) is 0 Å². The lowest BCUT2D eigenvalue weighted by Gasteiger charge is -2.09. The first-order valence-corrected chi connectivity index (χ1v) is 5.35. The molecule has 0 amide bonds. The third-order valence-electron chi connectivity index (χ3n) is 3.03. The zero-order valence-corrected chi connectivity index (χ0v) is 9.86. The van der Waals surface area contributed by atoms with Crippen molar-refractivity contribution in [1.29, 1.82) is 0 Å². The Balaban J connectivity index is 2.49. The Morgan fingerprint density at radius 1 is 1.25 bits per heavy atom. The van der Waals surface area contributed by atoms with E-state index in [1.54, 1.807) is 0 Å². The van der Waals surface area contributed by atoms with Gasteiger partial charge in [0, 0.05) is 11.4 Å². The monoisotopic (exact) mass is 216 g/mol. The van der Waals surface area contributed by atoms with Gasteiger partial charge in [-0.05, 0) is 44.0 Å². The van der Waals surface area contributed by atoms with Crippen LogP contribution in [0.2, 0.25) is 0 Å². The van der Waals surface area contributed by atoms with Crippen molar-refractivity contribution >= 4 is 0 Å². The average Bonchev–Trinajstić information content (AvgIpc) is 2.60. The standard InChI is InChI=1S/C13H16N2O/c1-9-6-13(5-4-12(9)7-16)15-8-14-10(2)11(15)3/h4-6,8,16H,7H2,1-3H3. The van der Waals surface area contributed by atoms with Gasteiger partial charge in [-0.25, -0.2) is 4.98 Å². The summed E-state index contributed by atoms with van der Waals surface area (Å²) in [6.07, 6.45) is 1.83. The Bertz CT molecular complexity index is 515. The number of imidazole rings is 1. The van der Waals surface area contributed by atoms with Gasteiger partial charge in [-0.3, -0.25) is 0 Å². The number of hydrogen-bond acceptors (Lipinski definition) is 2. The van der Waals surface area contributed by atoms with E-state index in [9.17, 15) is 0 Å². The van der Waals surface area contributed by atoms with Crippen LogP contribution >= 0.6 is 0 Å². The van der Waals surface area contributed by atoms with Crippen LogP contribution in [0, 0.1) is 20.8 Å². The van der Waals surface area contributed by atoms with Crippen LogP contribution in [0.25, 0.3) is 5.69 Å². The quantitative estimate of drug-likeness (QED) is 0.836. The van der Waals surface area contributed by atoms with Crippen molar-refractivity contribution in [2.45, 2.75) is 27.4 Å². The van der Waals surface area contributed by atoms with Crippen molar-refractivity contribution in [3.05, 3.63) is 47.0 Å².